The number of hydrogen-bond acceptors (Lipinski definition) is 3. The van der Waals surface area contributed by atoms with Crippen LogP contribution in [0.5, 0.6) is 5.75 Å². The lowest BCUT2D eigenvalue weighted by Gasteiger charge is -2.15. The summed E-state index contributed by atoms with van der Waals surface area (Å²) in [5.41, 5.74) is 1.48. The fourth-order valence-electron chi connectivity index (χ4n) is 1.94. The molecule has 1 N–H and O–H groups in total. The van der Waals surface area contributed by atoms with Crippen molar-refractivity contribution in [2.45, 2.75) is 13.0 Å². The SMILES string of the molecule is CC(NC(=O)COc1cc(Cl)ccc1Cl)c1ccc(C#N)cc1. The molecule has 6 heteroatoms. The van der Waals surface area contributed by atoms with E-state index in [9.17, 15) is 4.79 Å². The van der Waals surface area contributed by atoms with Crippen LogP contribution in [-0.2, 0) is 4.79 Å². The smallest absolute Gasteiger partial charge is 0.258 e. The lowest BCUT2D eigenvalue weighted by atomic mass is 10.1. The van der Waals surface area contributed by atoms with Crippen molar-refractivity contribution in [3.8, 4) is 11.8 Å². The number of carbonyl (C=O) groups is 1. The number of carbonyl (C=O) groups excluding carboxylic acids is 1. The molecule has 0 saturated heterocycles. The van der Waals surface area contributed by atoms with Gasteiger partial charge in [-0.1, -0.05) is 35.3 Å². The number of nitrogens with one attached hydrogen (secondary N) is 1. The van der Waals surface area contributed by atoms with Crippen molar-refractivity contribution in [1.82, 2.24) is 5.32 Å². The summed E-state index contributed by atoms with van der Waals surface area (Å²) in [6.45, 7) is 1.69. The predicted molar refractivity (Wildman–Crippen MR) is 89.7 cm³/mol. The second-order valence-corrected chi connectivity index (χ2v) is 5.73. The standard InChI is InChI=1S/C17H14Cl2N2O2/c1-11(13-4-2-12(9-20)3-5-13)21-17(22)10-23-16-8-14(18)6-7-15(16)19/h2-8,11H,10H2,1H3,(H,21,22). The van der Waals surface area contributed by atoms with Crippen LogP contribution >= 0.6 is 23.2 Å². The molecule has 23 heavy (non-hydrogen) atoms. The zero-order valence-electron chi connectivity index (χ0n) is 12.3. The molecule has 0 aliphatic heterocycles. The first-order valence-corrected chi connectivity index (χ1v) is 7.62. The van der Waals surface area contributed by atoms with Crippen LogP contribution in [0, 0.1) is 11.3 Å². The molecular formula is C17H14Cl2N2O2. The lowest BCUT2D eigenvalue weighted by molar-refractivity contribution is -0.123. The molecule has 1 atom stereocenters. The van der Waals surface area contributed by atoms with Gasteiger partial charge in [0.2, 0.25) is 0 Å². The number of ether oxygens (including phenoxy) is 1. The molecule has 2 rings (SSSR count). The molecule has 0 saturated carbocycles. The quantitative estimate of drug-likeness (QED) is 0.883. The van der Waals surface area contributed by atoms with Gasteiger partial charge in [-0.2, -0.15) is 5.26 Å². The zero-order chi connectivity index (χ0) is 16.8. The van der Waals surface area contributed by atoms with Crippen LogP contribution in [0.15, 0.2) is 42.5 Å². The van der Waals surface area contributed by atoms with E-state index in [1.165, 1.54) is 0 Å². The summed E-state index contributed by atoms with van der Waals surface area (Å²) >= 11 is 11.8. The topological polar surface area (TPSA) is 62.1 Å². The minimum Gasteiger partial charge on any atom is -0.482 e. The molecule has 0 aromatic heterocycles. The molecule has 0 fully saturated rings. The highest BCUT2D eigenvalue weighted by Gasteiger charge is 2.11. The first kappa shape index (κ1) is 17.1. The monoisotopic (exact) mass is 348 g/mol. The van der Waals surface area contributed by atoms with E-state index in [1.54, 1.807) is 42.5 Å². The molecule has 2 aromatic carbocycles. The van der Waals surface area contributed by atoms with Crippen LogP contribution in [0.25, 0.3) is 0 Å². The molecular weight excluding hydrogens is 335 g/mol. The molecule has 0 radical (unpaired) electrons. The van der Waals surface area contributed by atoms with Crippen LogP contribution in [0.4, 0.5) is 0 Å². The maximum atomic E-state index is 12.0. The molecule has 118 valence electrons. The number of amides is 1. The van der Waals surface area contributed by atoms with E-state index < -0.39 is 0 Å². The van der Waals surface area contributed by atoms with Crippen LogP contribution in [0.3, 0.4) is 0 Å². The number of nitrogens with zero attached hydrogens (tertiary/aromatic N) is 1. The zero-order valence-corrected chi connectivity index (χ0v) is 13.9. The summed E-state index contributed by atoms with van der Waals surface area (Å²) in [4.78, 5) is 12.0. The summed E-state index contributed by atoms with van der Waals surface area (Å²) in [6.07, 6.45) is 0. The second kappa shape index (κ2) is 7.87. The van der Waals surface area contributed by atoms with E-state index in [2.05, 4.69) is 11.4 Å². The Morgan fingerprint density at radius 2 is 1.96 bits per heavy atom. The fraction of sp³-hybridized carbons (Fsp3) is 0.176. The van der Waals surface area contributed by atoms with E-state index in [0.29, 0.717) is 21.4 Å². The van der Waals surface area contributed by atoms with Gasteiger partial charge in [-0.25, -0.2) is 0 Å². The third-order valence-corrected chi connectivity index (χ3v) is 3.72. The van der Waals surface area contributed by atoms with Gasteiger partial charge in [0.15, 0.2) is 6.61 Å². The van der Waals surface area contributed by atoms with Crippen LogP contribution in [-0.4, -0.2) is 12.5 Å². The molecule has 4 nitrogen and oxygen atoms in total. The van der Waals surface area contributed by atoms with E-state index in [-0.39, 0.29) is 18.6 Å². The van der Waals surface area contributed by atoms with E-state index in [4.69, 9.17) is 33.2 Å². The predicted octanol–water partition coefficient (Wildman–Crippen LogP) is 4.12. The first-order chi connectivity index (χ1) is 11.0. The average Bonchev–Trinajstić information content (AvgIpc) is 2.55. The van der Waals surface area contributed by atoms with E-state index in [0.717, 1.165) is 5.56 Å². The Morgan fingerprint density at radius 3 is 2.61 bits per heavy atom. The summed E-state index contributed by atoms with van der Waals surface area (Å²) in [6, 6.07) is 13.7. The summed E-state index contributed by atoms with van der Waals surface area (Å²) in [7, 11) is 0. The number of halogens is 2. The van der Waals surface area contributed by atoms with Gasteiger partial charge in [-0.3, -0.25) is 4.79 Å². The largest absolute Gasteiger partial charge is 0.482 e. The Hall–Kier alpha value is -2.22. The Kier molecular flexibility index (Phi) is 5.86. The highest BCUT2D eigenvalue weighted by molar-refractivity contribution is 6.34. The third kappa shape index (κ3) is 4.88. The Bertz CT molecular complexity index is 739. The Balaban J connectivity index is 1.91. The van der Waals surface area contributed by atoms with Gasteiger partial charge in [-0.15, -0.1) is 0 Å². The molecule has 0 bridgehead atoms. The van der Waals surface area contributed by atoms with Crippen molar-refractivity contribution in [3.05, 3.63) is 63.6 Å². The van der Waals surface area contributed by atoms with Crippen molar-refractivity contribution in [3.63, 3.8) is 0 Å². The maximum Gasteiger partial charge on any atom is 0.258 e. The third-order valence-electron chi connectivity index (χ3n) is 3.17. The molecule has 2 aromatic rings. The molecule has 0 spiro atoms. The first-order valence-electron chi connectivity index (χ1n) is 6.87. The highest BCUT2D eigenvalue weighted by Crippen LogP contribution is 2.27. The second-order valence-electron chi connectivity index (χ2n) is 4.89. The van der Waals surface area contributed by atoms with Gasteiger partial charge in [0, 0.05) is 11.1 Å². The normalized spacial score (nSPS) is 11.4. The number of rotatable bonds is 5. The number of benzene rings is 2. The van der Waals surface area contributed by atoms with Gasteiger partial charge in [0.25, 0.3) is 5.91 Å². The summed E-state index contributed by atoms with van der Waals surface area (Å²) < 4.78 is 5.38. The van der Waals surface area contributed by atoms with Gasteiger partial charge in [0.05, 0.1) is 22.7 Å². The van der Waals surface area contributed by atoms with Crippen LogP contribution < -0.4 is 10.1 Å². The molecule has 0 aliphatic carbocycles. The molecule has 0 aliphatic rings. The fourth-order valence-corrected chi connectivity index (χ4v) is 2.28. The van der Waals surface area contributed by atoms with Gasteiger partial charge in [-0.05, 0) is 36.8 Å². The summed E-state index contributed by atoms with van der Waals surface area (Å²) in [5, 5.41) is 12.5. The van der Waals surface area contributed by atoms with Crippen molar-refractivity contribution < 1.29 is 9.53 Å². The Morgan fingerprint density at radius 1 is 1.26 bits per heavy atom. The van der Waals surface area contributed by atoms with Crippen molar-refractivity contribution in [2.24, 2.45) is 0 Å². The highest BCUT2D eigenvalue weighted by atomic mass is 35.5. The maximum absolute atomic E-state index is 12.0. The van der Waals surface area contributed by atoms with Gasteiger partial charge < -0.3 is 10.1 Å². The minimum atomic E-state index is -0.280. The minimum absolute atomic E-state index is 0.166. The number of hydrogen-bond donors (Lipinski definition) is 1. The lowest BCUT2D eigenvalue weighted by Crippen LogP contribution is -2.31. The molecule has 1 unspecified atom stereocenters. The summed E-state index contributed by atoms with van der Waals surface area (Å²) in [5.74, 6) is 0.0817. The van der Waals surface area contributed by atoms with Gasteiger partial charge >= 0.3 is 0 Å². The van der Waals surface area contributed by atoms with Crippen molar-refractivity contribution >= 4 is 29.1 Å². The van der Waals surface area contributed by atoms with Crippen molar-refractivity contribution in [2.75, 3.05) is 6.61 Å². The molecule has 0 heterocycles. The van der Waals surface area contributed by atoms with E-state index >= 15 is 0 Å². The average molecular weight is 349 g/mol. The van der Waals surface area contributed by atoms with Crippen LogP contribution in [0.1, 0.15) is 24.1 Å². The Labute approximate surface area is 144 Å². The molecule has 1 amide bonds. The number of nitriles is 1. The van der Waals surface area contributed by atoms with Crippen LogP contribution in [0.2, 0.25) is 10.0 Å². The van der Waals surface area contributed by atoms with Crippen molar-refractivity contribution in [1.29, 1.82) is 5.26 Å². The van der Waals surface area contributed by atoms with Gasteiger partial charge in [0.1, 0.15) is 5.75 Å². The van der Waals surface area contributed by atoms with E-state index in [1.807, 2.05) is 6.92 Å².